The highest BCUT2D eigenvalue weighted by Crippen LogP contribution is 2.25. The van der Waals surface area contributed by atoms with Crippen LogP contribution in [0.2, 0.25) is 5.02 Å². The molecule has 1 aromatic carbocycles. The maximum atomic E-state index is 12.9. The van der Waals surface area contributed by atoms with E-state index < -0.39 is 11.9 Å². The third-order valence-corrected chi connectivity index (χ3v) is 6.76. The van der Waals surface area contributed by atoms with Gasteiger partial charge in [-0.2, -0.15) is 0 Å². The summed E-state index contributed by atoms with van der Waals surface area (Å²) in [5.74, 6) is -0.824. The summed E-state index contributed by atoms with van der Waals surface area (Å²) < 4.78 is 22.1. The summed E-state index contributed by atoms with van der Waals surface area (Å²) in [7, 11) is 0. The normalized spacial score (nSPS) is 12.2. The molecule has 1 unspecified atom stereocenters. The van der Waals surface area contributed by atoms with Crippen LogP contribution >= 0.6 is 11.6 Å². The second-order valence-electron chi connectivity index (χ2n) is 9.93. The van der Waals surface area contributed by atoms with E-state index in [0.29, 0.717) is 29.5 Å². The van der Waals surface area contributed by atoms with Crippen molar-refractivity contribution in [3.63, 3.8) is 0 Å². The molecule has 0 aliphatic heterocycles. The molecule has 1 N–H and O–H groups in total. The molecular formula is C32H52ClNO6. The maximum Gasteiger partial charge on any atom is 0.338 e. The summed E-state index contributed by atoms with van der Waals surface area (Å²) in [6.45, 7) is 9.35. The summed E-state index contributed by atoms with van der Waals surface area (Å²) in [5.41, 5.74) is 0.756. The molecule has 0 saturated heterocycles. The first-order valence-corrected chi connectivity index (χ1v) is 15.7. The van der Waals surface area contributed by atoms with Gasteiger partial charge in [0, 0.05) is 6.61 Å². The predicted octanol–water partition coefficient (Wildman–Crippen LogP) is 8.85. The smallest absolute Gasteiger partial charge is 0.338 e. The first kappa shape index (κ1) is 35.8. The van der Waals surface area contributed by atoms with Crippen molar-refractivity contribution in [2.45, 2.75) is 117 Å². The molecule has 8 heteroatoms. The standard InChI is InChI=1S/C32H52ClNO6/c1-5-9-11-12-13-14-15-16-17-18-19-27(39-22-10-6-2)25-40-32(36)26-20-21-28(33)29(23-26)34-30(37-7-3)24-31(35)38-8-4/h20-21,23-24,27,34H,5-19,22,25H2,1-4H3. The van der Waals surface area contributed by atoms with Crippen molar-refractivity contribution in [1.29, 1.82) is 0 Å². The molecule has 40 heavy (non-hydrogen) atoms. The Balaban J connectivity index is 2.63. The zero-order chi connectivity index (χ0) is 29.4. The van der Waals surface area contributed by atoms with E-state index in [9.17, 15) is 9.59 Å². The monoisotopic (exact) mass is 581 g/mol. The molecule has 0 bridgehead atoms. The zero-order valence-corrected chi connectivity index (χ0v) is 26.0. The first-order chi connectivity index (χ1) is 19.4. The van der Waals surface area contributed by atoms with Crippen LogP contribution in [0.4, 0.5) is 5.69 Å². The van der Waals surface area contributed by atoms with E-state index in [1.54, 1.807) is 32.0 Å². The van der Waals surface area contributed by atoms with E-state index in [1.165, 1.54) is 63.9 Å². The number of rotatable bonds is 24. The summed E-state index contributed by atoms with van der Waals surface area (Å²) in [4.78, 5) is 24.8. The van der Waals surface area contributed by atoms with Crippen molar-refractivity contribution >= 4 is 29.2 Å². The summed E-state index contributed by atoms with van der Waals surface area (Å²) in [6.07, 6.45) is 16.8. The molecule has 0 saturated carbocycles. The molecule has 0 spiro atoms. The van der Waals surface area contributed by atoms with Gasteiger partial charge in [-0.25, -0.2) is 9.59 Å². The van der Waals surface area contributed by atoms with E-state index in [1.807, 2.05) is 0 Å². The van der Waals surface area contributed by atoms with Crippen LogP contribution in [0, 0.1) is 0 Å². The van der Waals surface area contributed by atoms with Crippen LogP contribution in [0.5, 0.6) is 0 Å². The number of ether oxygens (including phenoxy) is 4. The zero-order valence-electron chi connectivity index (χ0n) is 25.2. The second-order valence-corrected chi connectivity index (χ2v) is 10.3. The summed E-state index contributed by atoms with van der Waals surface area (Å²) in [5, 5.41) is 3.34. The minimum atomic E-state index is -0.540. The van der Waals surface area contributed by atoms with Gasteiger partial charge in [-0.05, 0) is 44.9 Å². The van der Waals surface area contributed by atoms with Crippen LogP contribution in [-0.4, -0.2) is 44.5 Å². The number of nitrogens with one attached hydrogen (secondary N) is 1. The third kappa shape index (κ3) is 16.8. The summed E-state index contributed by atoms with van der Waals surface area (Å²) >= 11 is 6.34. The number of unbranched alkanes of at least 4 members (excludes halogenated alkanes) is 10. The maximum absolute atomic E-state index is 12.9. The van der Waals surface area contributed by atoms with Crippen molar-refractivity contribution in [1.82, 2.24) is 0 Å². The number of halogens is 1. The Morgan fingerprint density at radius 2 is 1.45 bits per heavy atom. The number of carbonyl (C=O) groups is 2. The topological polar surface area (TPSA) is 83.1 Å². The first-order valence-electron chi connectivity index (χ1n) is 15.3. The predicted molar refractivity (Wildman–Crippen MR) is 163 cm³/mol. The Labute approximate surface area is 247 Å². The number of anilines is 1. The number of carbonyl (C=O) groups excluding carboxylic acids is 2. The molecule has 1 aromatic rings. The fraction of sp³-hybridized carbons (Fsp3) is 0.688. The fourth-order valence-corrected chi connectivity index (χ4v) is 4.33. The van der Waals surface area contributed by atoms with Gasteiger partial charge in [0.05, 0.1) is 41.7 Å². The Morgan fingerprint density at radius 1 is 0.825 bits per heavy atom. The van der Waals surface area contributed by atoms with Gasteiger partial charge in [0.1, 0.15) is 6.61 Å². The van der Waals surface area contributed by atoms with Crippen molar-refractivity contribution in [2.24, 2.45) is 0 Å². The molecule has 0 aliphatic carbocycles. The number of hydrogen-bond donors (Lipinski definition) is 1. The minimum absolute atomic E-state index is 0.119. The molecule has 0 amide bonds. The lowest BCUT2D eigenvalue weighted by atomic mass is 10.0. The highest BCUT2D eigenvalue weighted by Gasteiger charge is 2.16. The number of esters is 2. The Bertz CT molecular complexity index is 860. The molecular weight excluding hydrogens is 530 g/mol. The Morgan fingerprint density at radius 3 is 2.08 bits per heavy atom. The summed E-state index contributed by atoms with van der Waals surface area (Å²) in [6, 6.07) is 4.80. The van der Waals surface area contributed by atoms with Crippen LogP contribution in [0.15, 0.2) is 30.2 Å². The van der Waals surface area contributed by atoms with Crippen molar-refractivity contribution in [3.8, 4) is 0 Å². The van der Waals surface area contributed by atoms with Gasteiger partial charge in [0.25, 0.3) is 0 Å². The third-order valence-electron chi connectivity index (χ3n) is 6.43. The number of benzene rings is 1. The van der Waals surface area contributed by atoms with Crippen LogP contribution in [0.3, 0.4) is 0 Å². The number of hydrogen-bond acceptors (Lipinski definition) is 7. The van der Waals surface area contributed by atoms with Gasteiger partial charge in [-0.1, -0.05) is 96.1 Å². The average molecular weight is 582 g/mol. The highest BCUT2D eigenvalue weighted by atomic mass is 35.5. The van der Waals surface area contributed by atoms with Gasteiger partial charge < -0.3 is 24.3 Å². The quantitative estimate of drug-likeness (QED) is 0.0565. The van der Waals surface area contributed by atoms with E-state index in [0.717, 1.165) is 25.7 Å². The van der Waals surface area contributed by atoms with Gasteiger partial charge in [0.15, 0.2) is 5.88 Å². The average Bonchev–Trinajstić information content (AvgIpc) is 2.93. The molecule has 1 atom stereocenters. The largest absolute Gasteiger partial charge is 0.479 e. The molecule has 0 fully saturated rings. The SMILES string of the molecule is CCCCCCCCCCCCC(COC(=O)c1ccc(Cl)c(NC(=CC(=O)OCC)OCC)c1)OCCCC. The lowest BCUT2D eigenvalue weighted by Gasteiger charge is -2.18. The Kier molecular flexibility index (Phi) is 21.0. The van der Waals surface area contributed by atoms with E-state index in [4.69, 9.17) is 30.5 Å². The molecule has 1 rings (SSSR count). The van der Waals surface area contributed by atoms with Gasteiger partial charge >= 0.3 is 11.9 Å². The van der Waals surface area contributed by atoms with E-state index >= 15 is 0 Å². The van der Waals surface area contributed by atoms with E-state index in [-0.39, 0.29) is 25.2 Å². The van der Waals surface area contributed by atoms with Gasteiger partial charge in [-0.3, -0.25) is 0 Å². The minimum Gasteiger partial charge on any atom is -0.479 e. The van der Waals surface area contributed by atoms with Gasteiger partial charge in [0.2, 0.25) is 0 Å². The molecule has 0 heterocycles. The molecule has 7 nitrogen and oxygen atoms in total. The van der Waals surface area contributed by atoms with Crippen LogP contribution in [0.1, 0.15) is 122 Å². The molecule has 0 radical (unpaired) electrons. The lowest BCUT2D eigenvalue weighted by molar-refractivity contribution is -0.137. The van der Waals surface area contributed by atoms with Crippen LogP contribution in [0.25, 0.3) is 0 Å². The van der Waals surface area contributed by atoms with E-state index in [2.05, 4.69) is 19.2 Å². The van der Waals surface area contributed by atoms with Gasteiger partial charge in [-0.15, -0.1) is 0 Å². The van der Waals surface area contributed by atoms with Crippen molar-refractivity contribution in [3.05, 3.63) is 40.7 Å². The highest BCUT2D eigenvalue weighted by molar-refractivity contribution is 6.33. The van der Waals surface area contributed by atoms with Crippen molar-refractivity contribution in [2.75, 3.05) is 31.7 Å². The molecule has 0 aliphatic rings. The van der Waals surface area contributed by atoms with Crippen molar-refractivity contribution < 1.29 is 28.5 Å². The fourth-order valence-electron chi connectivity index (χ4n) is 4.16. The molecule has 0 aromatic heterocycles. The second kappa shape index (κ2) is 23.5. The van der Waals surface area contributed by atoms with Crippen LogP contribution < -0.4 is 5.32 Å². The molecule has 228 valence electrons. The lowest BCUT2D eigenvalue weighted by Crippen LogP contribution is -2.23. The Hall–Kier alpha value is -2.25. The van der Waals surface area contributed by atoms with Crippen LogP contribution in [-0.2, 0) is 23.7 Å².